The highest BCUT2D eigenvalue weighted by Gasteiger charge is 1.73. The molecule has 0 spiro atoms. The third-order valence-electron chi connectivity index (χ3n) is 1.34. The lowest BCUT2D eigenvalue weighted by Crippen LogP contribution is -1.63. The Labute approximate surface area is 70.3 Å². The van der Waals surface area contributed by atoms with E-state index >= 15 is 0 Å². The summed E-state index contributed by atoms with van der Waals surface area (Å²) in [6.07, 6.45) is 14.6. The van der Waals surface area contributed by atoms with Gasteiger partial charge in [-0.15, -0.1) is 0 Å². The average molecular weight is 149 g/mol. The minimum atomic E-state index is 0.980. The SMILES string of the molecule is [CH]=CCCC=CCC=CCC. The van der Waals surface area contributed by atoms with Gasteiger partial charge in [0.2, 0.25) is 0 Å². The largest absolute Gasteiger partial charge is 0.0885 e. The predicted octanol–water partition coefficient (Wildman–Crippen LogP) is 3.67. The molecular weight excluding hydrogens is 132 g/mol. The van der Waals surface area contributed by atoms with Crippen molar-refractivity contribution >= 4 is 0 Å². The molecule has 11 heavy (non-hydrogen) atoms. The first kappa shape index (κ1) is 10.2. The summed E-state index contributed by atoms with van der Waals surface area (Å²) >= 11 is 0. The van der Waals surface area contributed by atoms with Gasteiger partial charge in [-0.3, -0.25) is 0 Å². The topological polar surface area (TPSA) is 0 Å². The molecule has 0 rings (SSSR count). The fourth-order valence-electron chi connectivity index (χ4n) is 0.748. The lowest BCUT2D eigenvalue weighted by molar-refractivity contribution is 1.04. The minimum Gasteiger partial charge on any atom is -0.0885 e. The molecule has 0 N–H and O–H groups in total. The zero-order valence-corrected chi connectivity index (χ0v) is 7.29. The molecule has 0 heterocycles. The van der Waals surface area contributed by atoms with Crippen molar-refractivity contribution in [2.24, 2.45) is 0 Å². The Balaban J connectivity index is 3.15. The standard InChI is InChI=1S/C11H17/c1-3-5-7-9-11-10-8-6-4-2/h1,3,6,8-9,11H,4-5,7,10H2,2H3. The van der Waals surface area contributed by atoms with Crippen molar-refractivity contribution in [2.45, 2.75) is 32.6 Å². The summed E-state index contributed by atoms with van der Waals surface area (Å²) in [4.78, 5) is 0. The molecule has 1 radical (unpaired) electrons. The Morgan fingerprint density at radius 3 is 2.36 bits per heavy atom. The molecule has 0 fully saturated rings. The lowest BCUT2D eigenvalue weighted by atomic mass is 10.2. The Morgan fingerprint density at radius 1 is 1.00 bits per heavy atom. The van der Waals surface area contributed by atoms with E-state index in [4.69, 9.17) is 6.58 Å². The maximum atomic E-state index is 5.22. The monoisotopic (exact) mass is 149 g/mol. The first-order valence-electron chi connectivity index (χ1n) is 4.25. The van der Waals surface area contributed by atoms with E-state index in [9.17, 15) is 0 Å². The molecule has 0 unspecified atom stereocenters. The summed E-state index contributed by atoms with van der Waals surface area (Å²) < 4.78 is 0. The molecule has 0 heteroatoms. The highest BCUT2D eigenvalue weighted by molar-refractivity contribution is 4.92. The summed E-state index contributed by atoms with van der Waals surface area (Å²) in [5.74, 6) is 0. The van der Waals surface area contributed by atoms with Gasteiger partial charge in [-0.25, -0.2) is 0 Å². The Kier molecular flexibility index (Phi) is 8.57. The van der Waals surface area contributed by atoms with Gasteiger partial charge in [0, 0.05) is 0 Å². The number of rotatable bonds is 6. The maximum absolute atomic E-state index is 5.22. The minimum absolute atomic E-state index is 0.980. The number of hydrogen-bond donors (Lipinski definition) is 0. The van der Waals surface area contributed by atoms with Crippen molar-refractivity contribution in [3.63, 3.8) is 0 Å². The van der Waals surface area contributed by atoms with E-state index in [0.29, 0.717) is 0 Å². The van der Waals surface area contributed by atoms with Crippen molar-refractivity contribution in [1.82, 2.24) is 0 Å². The second kappa shape index (κ2) is 9.22. The molecule has 0 aliphatic heterocycles. The van der Waals surface area contributed by atoms with Crippen molar-refractivity contribution in [2.75, 3.05) is 0 Å². The summed E-state index contributed by atoms with van der Waals surface area (Å²) in [6.45, 7) is 7.36. The third-order valence-corrected chi connectivity index (χ3v) is 1.34. The molecular formula is C11H17. The quantitative estimate of drug-likeness (QED) is 0.399. The molecule has 0 saturated carbocycles. The normalized spacial score (nSPS) is 11.4. The molecule has 61 valence electrons. The van der Waals surface area contributed by atoms with Crippen LogP contribution in [0.1, 0.15) is 32.6 Å². The molecule has 0 aromatic carbocycles. The molecule has 0 nitrogen and oxygen atoms in total. The van der Waals surface area contributed by atoms with Gasteiger partial charge in [0.25, 0.3) is 0 Å². The van der Waals surface area contributed by atoms with Crippen LogP contribution in [0.4, 0.5) is 0 Å². The summed E-state index contributed by atoms with van der Waals surface area (Å²) in [5, 5.41) is 0. The van der Waals surface area contributed by atoms with E-state index in [0.717, 1.165) is 25.7 Å². The molecule has 0 bridgehead atoms. The Bertz CT molecular complexity index is 129. The highest BCUT2D eigenvalue weighted by atomic mass is 13.8. The highest BCUT2D eigenvalue weighted by Crippen LogP contribution is 1.94. The molecule has 0 amide bonds. The van der Waals surface area contributed by atoms with Gasteiger partial charge in [0.05, 0.1) is 0 Å². The van der Waals surface area contributed by atoms with Crippen LogP contribution in [0.25, 0.3) is 0 Å². The zero-order valence-electron chi connectivity index (χ0n) is 7.29. The first-order chi connectivity index (χ1) is 5.41. The van der Waals surface area contributed by atoms with Crippen molar-refractivity contribution in [3.8, 4) is 0 Å². The summed E-state index contributed by atoms with van der Waals surface area (Å²) in [7, 11) is 0. The fourth-order valence-corrected chi connectivity index (χ4v) is 0.748. The van der Waals surface area contributed by atoms with Gasteiger partial charge in [-0.05, 0) is 25.7 Å². The number of allylic oxidation sites excluding steroid dienone is 5. The fraction of sp³-hybridized carbons (Fsp3) is 0.455. The van der Waals surface area contributed by atoms with Gasteiger partial charge in [0.1, 0.15) is 0 Å². The Hall–Kier alpha value is -0.780. The summed E-state index contributed by atoms with van der Waals surface area (Å²) in [6, 6.07) is 0. The average Bonchev–Trinajstić information content (AvgIpc) is 2.03. The first-order valence-corrected chi connectivity index (χ1v) is 4.25. The van der Waals surface area contributed by atoms with Crippen molar-refractivity contribution in [1.29, 1.82) is 0 Å². The number of hydrogen-bond acceptors (Lipinski definition) is 0. The van der Waals surface area contributed by atoms with Crippen LogP contribution in [-0.2, 0) is 0 Å². The van der Waals surface area contributed by atoms with E-state index in [1.807, 2.05) is 0 Å². The molecule has 0 aliphatic carbocycles. The zero-order chi connectivity index (χ0) is 8.36. The lowest BCUT2D eigenvalue weighted by Gasteiger charge is -1.84. The Morgan fingerprint density at radius 2 is 1.73 bits per heavy atom. The van der Waals surface area contributed by atoms with Crippen LogP contribution in [0, 0.1) is 6.58 Å². The van der Waals surface area contributed by atoms with E-state index in [1.165, 1.54) is 0 Å². The van der Waals surface area contributed by atoms with Crippen molar-refractivity contribution < 1.29 is 0 Å². The van der Waals surface area contributed by atoms with E-state index in [1.54, 1.807) is 6.08 Å². The van der Waals surface area contributed by atoms with Gasteiger partial charge < -0.3 is 0 Å². The molecule has 0 atom stereocenters. The van der Waals surface area contributed by atoms with Crippen molar-refractivity contribution in [3.05, 3.63) is 37.0 Å². The van der Waals surface area contributed by atoms with Crippen LogP contribution in [0.3, 0.4) is 0 Å². The van der Waals surface area contributed by atoms with E-state index in [-0.39, 0.29) is 0 Å². The van der Waals surface area contributed by atoms with Crippen LogP contribution in [0.2, 0.25) is 0 Å². The van der Waals surface area contributed by atoms with Crippen LogP contribution in [-0.4, -0.2) is 0 Å². The molecule has 0 aromatic rings. The number of unbranched alkanes of at least 4 members (excludes halogenated alkanes) is 1. The van der Waals surface area contributed by atoms with Crippen LogP contribution in [0.15, 0.2) is 30.4 Å². The smallest absolute Gasteiger partial charge is 0.0169 e. The van der Waals surface area contributed by atoms with Gasteiger partial charge >= 0.3 is 0 Å². The maximum Gasteiger partial charge on any atom is -0.0169 e. The van der Waals surface area contributed by atoms with Gasteiger partial charge in [-0.2, -0.15) is 0 Å². The molecule has 0 aliphatic rings. The van der Waals surface area contributed by atoms with Crippen LogP contribution in [0.5, 0.6) is 0 Å². The van der Waals surface area contributed by atoms with Gasteiger partial charge in [0.15, 0.2) is 0 Å². The van der Waals surface area contributed by atoms with Gasteiger partial charge in [-0.1, -0.05) is 43.9 Å². The third kappa shape index (κ3) is 9.22. The van der Waals surface area contributed by atoms with Crippen LogP contribution < -0.4 is 0 Å². The van der Waals surface area contributed by atoms with E-state index in [2.05, 4.69) is 31.2 Å². The molecule has 0 aromatic heterocycles. The van der Waals surface area contributed by atoms with E-state index < -0.39 is 0 Å². The predicted molar refractivity (Wildman–Crippen MR) is 51.3 cm³/mol. The molecule has 0 saturated heterocycles. The second-order valence-electron chi connectivity index (χ2n) is 2.40. The van der Waals surface area contributed by atoms with Crippen LogP contribution >= 0.6 is 0 Å². The second-order valence-corrected chi connectivity index (χ2v) is 2.40. The summed E-state index contributed by atoms with van der Waals surface area (Å²) in [5.41, 5.74) is 0.